The molecule has 0 radical (unpaired) electrons. The van der Waals surface area contributed by atoms with Crippen molar-refractivity contribution in [2.75, 3.05) is 0 Å². The molecule has 0 saturated carbocycles. The molecule has 3 aromatic rings. The first-order valence-corrected chi connectivity index (χ1v) is 6.45. The van der Waals surface area contributed by atoms with Gasteiger partial charge in [0.1, 0.15) is 11.0 Å². The van der Waals surface area contributed by atoms with Crippen molar-refractivity contribution in [1.29, 1.82) is 0 Å². The van der Waals surface area contributed by atoms with E-state index in [9.17, 15) is 4.39 Å². The van der Waals surface area contributed by atoms with Crippen LogP contribution in [-0.4, -0.2) is 11.2 Å². The van der Waals surface area contributed by atoms with E-state index in [1.54, 1.807) is 24.5 Å². The normalized spacial score (nSPS) is 11.3. The lowest BCUT2D eigenvalue weighted by atomic mass is 10.1. The van der Waals surface area contributed by atoms with Gasteiger partial charge in [-0.25, -0.2) is 9.37 Å². The fourth-order valence-corrected chi connectivity index (χ4v) is 2.18. The summed E-state index contributed by atoms with van der Waals surface area (Å²) in [5.74, 6) is -0.259. The molecule has 1 aromatic heterocycles. The lowest BCUT2D eigenvalue weighted by Gasteiger charge is -2.02. The van der Waals surface area contributed by atoms with Gasteiger partial charge in [0, 0.05) is 23.2 Å². The maximum Gasteiger partial charge on any atom is 0.136 e. The van der Waals surface area contributed by atoms with Gasteiger partial charge in [0.2, 0.25) is 0 Å². The molecule has 1 heterocycles. The number of nitrogens with zero attached hydrogens (tertiary/aromatic N) is 2. The fraction of sp³-hybridized carbons (Fsp3) is 0. The monoisotopic (exact) mass is 284 g/mol. The quantitative estimate of drug-likeness (QED) is 0.491. The lowest BCUT2D eigenvalue weighted by Crippen LogP contribution is -1.82. The number of hydrogen-bond acceptors (Lipinski definition) is 2. The Morgan fingerprint density at radius 3 is 2.60 bits per heavy atom. The number of aliphatic imine (C=N–C) groups is 1. The van der Waals surface area contributed by atoms with Crippen LogP contribution in [0.5, 0.6) is 0 Å². The molecule has 0 spiro atoms. The van der Waals surface area contributed by atoms with Crippen molar-refractivity contribution in [3.8, 4) is 0 Å². The first-order chi connectivity index (χ1) is 9.74. The van der Waals surface area contributed by atoms with Crippen LogP contribution in [0.2, 0.25) is 5.15 Å². The number of pyridine rings is 1. The minimum Gasteiger partial charge on any atom is -0.256 e. The molecule has 0 aliphatic carbocycles. The minimum absolute atomic E-state index is 0.259. The average molecular weight is 285 g/mol. The lowest BCUT2D eigenvalue weighted by molar-refractivity contribution is 0.628. The zero-order chi connectivity index (χ0) is 13.9. The third-order valence-corrected chi connectivity index (χ3v) is 3.26. The van der Waals surface area contributed by atoms with Gasteiger partial charge in [0.05, 0.1) is 5.69 Å². The van der Waals surface area contributed by atoms with Gasteiger partial charge in [-0.1, -0.05) is 35.9 Å². The third-order valence-electron chi connectivity index (χ3n) is 2.96. The summed E-state index contributed by atoms with van der Waals surface area (Å²) in [4.78, 5) is 8.49. The van der Waals surface area contributed by atoms with Gasteiger partial charge in [-0.05, 0) is 29.8 Å². The first-order valence-electron chi connectivity index (χ1n) is 6.07. The Bertz CT molecular complexity index is 782. The van der Waals surface area contributed by atoms with Crippen LogP contribution in [0.25, 0.3) is 10.8 Å². The van der Waals surface area contributed by atoms with Crippen molar-refractivity contribution in [3.63, 3.8) is 0 Å². The van der Waals surface area contributed by atoms with Gasteiger partial charge >= 0.3 is 0 Å². The van der Waals surface area contributed by atoms with Gasteiger partial charge in [0.25, 0.3) is 0 Å². The zero-order valence-electron chi connectivity index (χ0n) is 10.4. The Hall–Kier alpha value is -2.26. The SMILES string of the molecule is Fc1ccc(C=Nc2cccc3c(Cl)nccc23)cc1. The molecule has 0 amide bonds. The molecule has 0 atom stereocenters. The molecule has 2 aromatic carbocycles. The van der Waals surface area contributed by atoms with E-state index in [1.165, 1.54) is 12.1 Å². The molecule has 20 heavy (non-hydrogen) atoms. The summed E-state index contributed by atoms with van der Waals surface area (Å²) in [6.45, 7) is 0. The van der Waals surface area contributed by atoms with Gasteiger partial charge in [-0.2, -0.15) is 0 Å². The van der Waals surface area contributed by atoms with E-state index in [0.29, 0.717) is 5.15 Å². The predicted molar refractivity (Wildman–Crippen MR) is 80.4 cm³/mol. The van der Waals surface area contributed by atoms with E-state index in [0.717, 1.165) is 22.0 Å². The molecule has 3 rings (SSSR count). The van der Waals surface area contributed by atoms with Crippen LogP contribution >= 0.6 is 11.6 Å². The summed E-state index contributed by atoms with van der Waals surface area (Å²) in [7, 11) is 0. The number of halogens is 2. The van der Waals surface area contributed by atoms with Gasteiger partial charge in [-0.15, -0.1) is 0 Å². The smallest absolute Gasteiger partial charge is 0.136 e. The molecule has 0 saturated heterocycles. The highest BCUT2D eigenvalue weighted by atomic mass is 35.5. The second kappa shape index (κ2) is 5.39. The van der Waals surface area contributed by atoms with E-state index in [-0.39, 0.29) is 5.82 Å². The molecule has 0 unspecified atom stereocenters. The number of rotatable bonds is 2. The van der Waals surface area contributed by atoms with Crippen LogP contribution in [0, 0.1) is 5.82 Å². The largest absolute Gasteiger partial charge is 0.256 e. The Balaban J connectivity index is 2.02. The Morgan fingerprint density at radius 1 is 1.00 bits per heavy atom. The molecule has 4 heteroatoms. The maximum absolute atomic E-state index is 12.8. The second-order valence-corrected chi connectivity index (χ2v) is 4.64. The van der Waals surface area contributed by atoms with E-state index in [2.05, 4.69) is 9.98 Å². The molecular formula is C16H10ClFN2. The topological polar surface area (TPSA) is 25.2 Å². The summed E-state index contributed by atoms with van der Waals surface area (Å²) in [6, 6.07) is 13.7. The molecule has 0 aliphatic heterocycles. The Morgan fingerprint density at radius 2 is 1.80 bits per heavy atom. The minimum atomic E-state index is -0.259. The van der Waals surface area contributed by atoms with E-state index >= 15 is 0 Å². The molecule has 0 aliphatic rings. The fourth-order valence-electron chi connectivity index (χ4n) is 1.96. The van der Waals surface area contributed by atoms with Crippen LogP contribution < -0.4 is 0 Å². The van der Waals surface area contributed by atoms with E-state index < -0.39 is 0 Å². The summed E-state index contributed by atoms with van der Waals surface area (Å²) in [6.07, 6.45) is 3.35. The number of benzene rings is 2. The summed E-state index contributed by atoms with van der Waals surface area (Å²) < 4.78 is 12.8. The first kappa shape index (κ1) is 12.8. The van der Waals surface area contributed by atoms with Crippen LogP contribution in [0.4, 0.5) is 10.1 Å². The standard InChI is InChI=1S/C16H10ClFN2/c17-16-14-2-1-3-15(13(14)8-9-19-16)20-10-11-4-6-12(18)7-5-11/h1-10H. The van der Waals surface area contributed by atoms with Crippen LogP contribution in [0.3, 0.4) is 0 Å². The second-order valence-electron chi connectivity index (χ2n) is 4.28. The summed E-state index contributed by atoms with van der Waals surface area (Å²) in [5, 5.41) is 2.26. The number of fused-ring (bicyclic) bond motifs is 1. The van der Waals surface area contributed by atoms with Gasteiger partial charge < -0.3 is 0 Å². The molecule has 2 nitrogen and oxygen atoms in total. The van der Waals surface area contributed by atoms with Crippen LogP contribution in [0.1, 0.15) is 5.56 Å². The Kier molecular flexibility index (Phi) is 3.44. The highest BCUT2D eigenvalue weighted by Gasteiger charge is 2.02. The molecule has 0 bridgehead atoms. The zero-order valence-corrected chi connectivity index (χ0v) is 11.2. The Labute approximate surface area is 120 Å². The van der Waals surface area contributed by atoms with Crippen molar-refractivity contribution in [1.82, 2.24) is 4.98 Å². The molecule has 0 N–H and O–H groups in total. The van der Waals surface area contributed by atoms with Gasteiger partial charge in [0.15, 0.2) is 0 Å². The average Bonchev–Trinajstić information content (AvgIpc) is 2.47. The maximum atomic E-state index is 12.8. The highest BCUT2D eigenvalue weighted by molar-refractivity contribution is 6.34. The van der Waals surface area contributed by atoms with Crippen molar-refractivity contribution in [2.45, 2.75) is 0 Å². The van der Waals surface area contributed by atoms with Crippen molar-refractivity contribution in [2.24, 2.45) is 4.99 Å². The predicted octanol–water partition coefficient (Wildman–Crippen LogP) is 4.78. The van der Waals surface area contributed by atoms with Gasteiger partial charge in [-0.3, -0.25) is 4.99 Å². The molecule has 0 fully saturated rings. The van der Waals surface area contributed by atoms with E-state index in [4.69, 9.17) is 11.6 Å². The van der Waals surface area contributed by atoms with Crippen molar-refractivity contribution in [3.05, 3.63) is 71.3 Å². The summed E-state index contributed by atoms with van der Waals surface area (Å²) >= 11 is 6.06. The molecular weight excluding hydrogens is 275 g/mol. The van der Waals surface area contributed by atoms with Crippen LogP contribution in [0.15, 0.2) is 59.7 Å². The van der Waals surface area contributed by atoms with Crippen molar-refractivity contribution < 1.29 is 4.39 Å². The number of hydrogen-bond donors (Lipinski definition) is 0. The highest BCUT2D eigenvalue weighted by Crippen LogP contribution is 2.29. The van der Waals surface area contributed by atoms with E-state index in [1.807, 2.05) is 24.3 Å². The third kappa shape index (κ3) is 2.53. The van der Waals surface area contributed by atoms with Crippen molar-refractivity contribution >= 4 is 34.3 Å². The van der Waals surface area contributed by atoms with Crippen LogP contribution in [-0.2, 0) is 0 Å². The number of aromatic nitrogens is 1. The summed E-state index contributed by atoms with van der Waals surface area (Å²) in [5.41, 5.74) is 1.64. The molecule has 98 valence electrons.